The number of halogens is 6. The zero-order valence-corrected chi connectivity index (χ0v) is 32.0. The van der Waals surface area contributed by atoms with E-state index in [4.69, 9.17) is 14.5 Å². The first kappa shape index (κ1) is 41.4. The van der Waals surface area contributed by atoms with Crippen LogP contribution in [-0.2, 0) is 27.3 Å². The standard InChI is InChI=1S/C40H44F6N4O5S/c1-4-56(52,53)34-22-30-32(23-33(34)55-25(2)3)47-36(27-11-8-12-28(21-27)39(41,42)43)31(24-49-15-13-29(14-16-49)50-17-19-54-20-18-50)35(30)38(51)48-37(40(44,45)46)26-9-6-5-7-10-26/h5-12,21-23,25,29,37H,4,13-20,24H2,1-3H3,(H,48,51). The maximum atomic E-state index is 14.8. The van der Waals surface area contributed by atoms with Gasteiger partial charge in [0.2, 0.25) is 0 Å². The topological polar surface area (TPSA) is 101 Å². The first-order valence-electron chi connectivity index (χ1n) is 18.5. The Hall–Kier alpha value is -4.25. The molecule has 56 heavy (non-hydrogen) atoms. The maximum Gasteiger partial charge on any atom is 0.416 e. The van der Waals surface area contributed by atoms with E-state index < -0.39 is 45.8 Å². The molecule has 1 unspecified atom stereocenters. The number of nitrogens with one attached hydrogen (secondary N) is 1. The van der Waals surface area contributed by atoms with Crippen molar-refractivity contribution in [3.05, 3.63) is 89.0 Å². The second-order valence-electron chi connectivity index (χ2n) is 14.3. The van der Waals surface area contributed by atoms with Crippen LogP contribution in [0.15, 0.2) is 71.6 Å². The number of nitrogens with zero attached hydrogens (tertiary/aromatic N) is 3. The van der Waals surface area contributed by atoms with Crippen molar-refractivity contribution in [3.8, 4) is 17.0 Å². The van der Waals surface area contributed by atoms with Crippen LogP contribution in [0.1, 0.15) is 66.7 Å². The minimum atomic E-state index is -4.96. The Bertz CT molecular complexity index is 2130. The smallest absolute Gasteiger partial charge is 0.416 e. The van der Waals surface area contributed by atoms with Crippen LogP contribution in [0, 0.1) is 0 Å². The molecule has 1 amide bonds. The SMILES string of the molecule is CCS(=O)(=O)c1cc2c(C(=O)NC(c3ccccc3)C(F)(F)F)c(CN3CCC(N4CCOCC4)CC3)c(-c3cccc(C(F)(F)F)c3)nc2cc1OC(C)C. The number of morpholine rings is 1. The zero-order chi connectivity index (χ0) is 40.4. The van der Waals surface area contributed by atoms with Crippen molar-refractivity contribution in [2.75, 3.05) is 45.1 Å². The van der Waals surface area contributed by atoms with Gasteiger partial charge in [-0.1, -0.05) is 49.4 Å². The molecule has 1 atom stereocenters. The molecule has 3 aromatic carbocycles. The van der Waals surface area contributed by atoms with Gasteiger partial charge in [-0.05, 0) is 63.5 Å². The first-order valence-corrected chi connectivity index (χ1v) is 20.2. The number of likely N-dealkylation sites (tertiary alicyclic amines) is 1. The first-order chi connectivity index (χ1) is 26.5. The third-order valence-electron chi connectivity index (χ3n) is 10.2. The van der Waals surface area contributed by atoms with E-state index in [1.54, 1.807) is 13.8 Å². The molecule has 0 spiro atoms. The summed E-state index contributed by atoms with van der Waals surface area (Å²) < 4.78 is 125. The number of carbonyl (C=O) groups excluding carboxylic acids is 1. The lowest BCUT2D eigenvalue weighted by Gasteiger charge is -2.40. The summed E-state index contributed by atoms with van der Waals surface area (Å²) >= 11 is 0. The fourth-order valence-corrected chi connectivity index (χ4v) is 8.38. The van der Waals surface area contributed by atoms with Crippen LogP contribution in [0.4, 0.5) is 26.3 Å². The third-order valence-corrected chi connectivity index (χ3v) is 11.9. The molecular weight excluding hydrogens is 763 g/mol. The summed E-state index contributed by atoms with van der Waals surface area (Å²) in [6.45, 7) is 8.47. The number of pyridine rings is 1. The molecule has 0 aliphatic carbocycles. The van der Waals surface area contributed by atoms with E-state index in [-0.39, 0.29) is 67.8 Å². The van der Waals surface area contributed by atoms with Gasteiger partial charge in [0.1, 0.15) is 10.6 Å². The number of aromatic nitrogens is 1. The van der Waals surface area contributed by atoms with Crippen molar-refractivity contribution in [2.24, 2.45) is 0 Å². The number of rotatable bonds is 11. The molecule has 9 nitrogen and oxygen atoms in total. The van der Waals surface area contributed by atoms with Gasteiger partial charge in [-0.25, -0.2) is 13.4 Å². The van der Waals surface area contributed by atoms with Gasteiger partial charge in [-0.2, -0.15) is 26.3 Å². The summed E-state index contributed by atoms with van der Waals surface area (Å²) in [5.74, 6) is -1.68. The molecule has 2 fully saturated rings. The molecule has 1 aromatic heterocycles. The fraction of sp³-hybridized carbons (Fsp3) is 0.450. The highest BCUT2D eigenvalue weighted by atomic mass is 32.2. The highest BCUT2D eigenvalue weighted by Crippen LogP contribution is 2.40. The van der Waals surface area contributed by atoms with E-state index in [2.05, 4.69) is 10.2 Å². The van der Waals surface area contributed by atoms with Crippen molar-refractivity contribution in [2.45, 2.75) is 75.6 Å². The van der Waals surface area contributed by atoms with E-state index in [0.29, 0.717) is 26.3 Å². The summed E-state index contributed by atoms with van der Waals surface area (Å²) in [7, 11) is -4.05. The molecule has 0 radical (unpaired) electrons. The van der Waals surface area contributed by atoms with Crippen molar-refractivity contribution < 1.29 is 49.0 Å². The summed E-state index contributed by atoms with van der Waals surface area (Å²) in [5.41, 5.74) is -1.65. The number of carbonyl (C=O) groups is 1. The molecule has 2 saturated heterocycles. The lowest BCUT2D eigenvalue weighted by Crippen LogP contribution is -2.48. The van der Waals surface area contributed by atoms with E-state index >= 15 is 0 Å². The lowest BCUT2D eigenvalue weighted by atomic mass is 9.93. The molecule has 0 bridgehead atoms. The summed E-state index contributed by atoms with van der Waals surface area (Å²) in [4.78, 5) is 23.5. The molecule has 2 aliphatic heterocycles. The minimum Gasteiger partial charge on any atom is -0.490 e. The van der Waals surface area contributed by atoms with Crippen LogP contribution in [-0.4, -0.2) is 92.6 Å². The van der Waals surface area contributed by atoms with Gasteiger partial charge >= 0.3 is 12.4 Å². The van der Waals surface area contributed by atoms with Crippen molar-refractivity contribution in [3.63, 3.8) is 0 Å². The second-order valence-corrected chi connectivity index (χ2v) is 16.5. The van der Waals surface area contributed by atoms with Crippen LogP contribution in [0.2, 0.25) is 0 Å². The molecule has 4 aromatic rings. The van der Waals surface area contributed by atoms with Crippen LogP contribution in [0.3, 0.4) is 0 Å². The number of hydrogen-bond acceptors (Lipinski definition) is 8. The van der Waals surface area contributed by atoms with Crippen molar-refractivity contribution >= 4 is 26.6 Å². The van der Waals surface area contributed by atoms with Crippen LogP contribution >= 0.6 is 0 Å². The van der Waals surface area contributed by atoms with Gasteiger partial charge in [-0.15, -0.1) is 0 Å². The average Bonchev–Trinajstić information content (AvgIpc) is 3.16. The number of hydrogen-bond donors (Lipinski definition) is 1. The second kappa shape index (κ2) is 16.7. The Kier molecular flexibility index (Phi) is 12.3. The number of amides is 1. The van der Waals surface area contributed by atoms with E-state index in [9.17, 15) is 39.6 Å². The highest BCUT2D eigenvalue weighted by Gasteiger charge is 2.43. The van der Waals surface area contributed by atoms with Gasteiger partial charge in [0.25, 0.3) is 5.91 Å². The van der Waals surface area contributed by atoms with Crippen LogP contribution in [0.25, 0.3) is 22.2 Å². The molecule has 3 heterocycles. The Morgan fingerprint density at radius 1 is 0.946 bits per heavy atom. The Balaban J connectivity index is 1.59. The zero-order valence-electron chi connectivity index (χ0n) is 31.2. The fourth-order valence-electron chi connectivity index (χ4n) is 7.36. The predicted molar refractivity (Wildman–Crippen MR) is 199 cm³/mol. The van der Waals surface area contributed by atoms with E-state index in [1.165, 1.54) is 61.5 Å². The summed E-state index contributed by atoms with van der Waals surface area (Å²) in [5, 5.41) is 2.06. The molecule has 1 N–H and O–H groups in total. The monoisotopic (exact) mass is 806 g/mol. The molecule has 302 valence electrons. The number of sulfone groups is 1. The van der Waals surface area contributed by atoms with Crippen molar-refractivity contribution in [1.29, 1.82) is 0 Å². The number of benzene rings is 3. The summed E-state index contributed by atoms with van der Waals surface area (Å²) in [6.07, 6.45) is -8.78. The minimum absolute atomic E-state index is 0.0269. The number of ether oxygens (including phenoxy) is 2. The molecule has 6 rings (SSSR count). The largest absolute Gasteiger partial charge is 0.490 e. The molecular formula is C40H44F6N4O5S. The van der Waals surface area contributed by atoms with Gasteiger partial charge in [-0.3, -0.25) is 14.6 Å². The van der Waals surface area contributed by atoms with Gasteiger partial charge < -0.3 is 14.8 Å². The Morgan fingerprint density at radius 2 is 1.62 bits per heavy atom. The molecule has 16 heteroatoms. The summed E-state index contributed by atoms with van der Waals surface area (Å²) in [6, 6.07) is 11.4. The highest BCUT2D eigenvalue weighted by molar-refractivity contribution is 7.91. The van der Waals surface area contributed by atoms with Crippen LogP contribution < -0.4 is 10.1 Å². The number of alkyl halides is 6. The van der Waals surface area contributed by atoms with Gasteiger partial charge in [0, 0.05) is 48.3 Å². The van der Waals surface area contributed by atoms with E-state index in [0.717, 1.165) is 38.1 Å². The molecule has 2 aliphatic rings. The number of fused-ring (bicyclic) bond motifs is 1. The Morgan fingerprint density at radius 3 is 2.23 bits per heavy atom. The Labute approximate surface area is 321 Å². The van der Waals surface area contributed by atoms with Crippen LogP contribution in [0.5, 0.6) is 5.75 Å². The maximum absolute atomic E-state index is 14.8. The van der Waals surface area contributed by atoms with Gasteiger partial charge in [0.15, 0.2) is 15.9 Å². The van der Waals surface area contributed by atoms with E-state index in [1.807, 2.05) is 4.90 Å². The third kappa shape index (κ3) is 9.30. The van der Waals surface area contributed by atoms with Gasteiger partial charge in [0.05, 0.1) is 47.4 Å². The lowest BCUT2D eigenvalue weighted by molar-refractivity contribution is -0.155. The average molecular weight is 807 g/mol. The quantitative estimate of drug-likeness (QED) is 0.153. The normalized spacial score (nSPS) is 17.3. The molecule has 0 saturated carbocycles. The van der Waals surface area contributed by atoms with Crippen molar-refractivity contribution in [1.82, 2.24) is 20.1 Å². The number of piperidine rings is 1. The predicted octanol–water partition coefficient (Wildman–Crippen LogP) is 7.83.